The highest BCUT2D eigenvalue weighted by atomic mass is 16.3. The Balaban J connectivity index is 1.71. The van der Waals surface area contributed by atoms with Gasteiger partial charge in [-0.15, -0.1) is 5.10 Å². The molecule has 1 N–H and O–H groups in total. The van der Waals surface area contributed by atoms with E-state index in [0.717, 1.165) is 25.3 Å². The summed E-state index contributed by atoms with van der Waals surface area (Å²) >= 11 is 0. The van der Waals surface area contributed by atoms with Gasteiger partial charge in [-0.3, -0.25) is 0 Å². The predicted octanol–water partition coefficient (Wildman–Crippen LogP) is 1.96. The summed E-state index contributed by atoms with van der Waals surface area (Å²) in [7, 11) is 0. The Hall–Kier alpha value is -1.94. The van der Waals surface area contributed by atoms with Gasteiger partial charge in [0.15, 0.2) is 5.82 Å². The lowest BCUT2D eigenvalue weighted by Crippen LogP contribution is -2.20. The number of aliphatic hydroxyl groups is 1. The molecule has 1 aromatic heterocycles. The molecule has 2 heterocycles. The van der Waals surface area contributed by atoms with Crippen LogP contribution in [0.4, 0.5) is 5.82 Å². The van der Waals surface area contributed by atoms with E-state index in [0.29, 0.717) is 11.6 Å². The van der Waals surface area contributed by atoms with Crippen molar-refractivity contribution in [3.05, 3.63) is 53.7 Å². The summed E-state index contributed by atoms with van der Waals surface area (Å²) in [5.74, 6) is 1.47. The smallest absolute Gasteiger partial charge is 0.151 e. The lowest BCUT2D eigenvalue weighted by molar-refractivity contribution is 0.275. The zero-order valence-electron chi connectivity index (χ0n) is 10.7. The lowest BCUT2D eigenvalue weighted by atomic mass is 9.99. The molecule has 2 aromatic rings. The fraction of sp³-hybridized carbons (Fsp3) is 0.333. The normalized spacial score (nSPS) is 18.8. The highest BCUT2D eigenvalue weighted by Gasteiger charge is 2.24. The molecule has 1 unspecified atom stereocenters. The minimum absolute atomic E-state index is 0.0556. The fourth-order valence-corrected chi connectivity index (χ4v) is 2.57. The standard InChI is InChI=1S/C15H17N3O/c19-11-14-6-7-15(17-16-14)18-9-8-13(10-18)12-4-2-1-3-5-12/h1-7,13,19H,8-11H2. The van der Waals surface area contributed by atoms with Crippen molar-refractivity contribution in [2.45, 2.75) is 18.9 Å². The first kappa shape index (κ1) is 12.1. The van der Waals surface area contributed by atoms with Gasteiger partial charge in [-0.1, -0.05) is 30.3 Å². The molecule has 0 radical (unpaired) electrons. The zero-order chi connectivity index (χ0) is 13.1. The molecule has 1 aromatic carbocycles. The molecule has 4 nitrogen and oxygen atoms in total. The number of rotatable bonds is 3. The summed E-state index contributed by atoms with van der Waals surface area (Å²) in [6.45, 7) is 1.93. The number of hydrogen-bond donors (Lipinski definition) is 1. The average molecular weight is 255 g/mol. The molecule has 98 valence electrons. The molecule has 19 heavy (non-hydrogen) atoms. The highest BCUT2D eigenvalue weighted by Crippen LogP contribution is 2.29. The summed E-state index contributed by atoms with van der Waals surface area (Å²) in [6, 6.07) is 14.4. The Morgan fingerprint density at radius 3 is 2.63 bits per heavy atom. The average Bonchev–Trinajstić information content (AvgIpc) is 2.98. The van der Waals surface area contributed by atoms with Gasteiger partial charge in [-0.05, 0) is 24.1 Å². The summed E-state index contributed by atoms with van der Waals surface area (Å²) in [4.78, 5) is 2.26. The highest BCUT2D eigenvalue weighted by molar-refractivity contribution is 5.40. The monoisotopic (exact) mass is 255 g/mol. The quantitative estimate of drug-likeness (QED) is 0.911. The van der Waals surface area contributed by atoms with Crippen LogP contribution in [0, 0.1) is 0 Å². The Kier molecular flexibility index (Phi) is 3.42. The fourth-order valence-electron chi connectivity index (χ4n) is 2.57. The van der Waals surface area contributed by atoms with Gasteiger partial charge in [0, 0.05) is 19.0 Å². The topological polar surface area (TPSA) is 49.2 Å². The van der Waals surface area contributed by atoms with Gasteiger partial charge < -0.3 is 10.0 Å². The van der Waals surface area contributed by atoms with Gasteiger partial charge >= 0.3 is 0 Å². The molecule has 0 aliphatic carbocycles. The third kappa shape index (κ3) is 2.58. The largest absolute Gasteiger partial charge is 0.390 e. The van der Waals surface area contributed by atoms with Crippen LogP contribution in [0.1, 0.15) is 23.6 Å². The van der Waals surface area contributed by atoms with Crippen LogP contribution in [0.15, 0.2) is 42.5 Å². The summed E-state index contributed by atoms with van der Waals surface area (Å²) in [5, 5.41) is 17.1. The van der Waals surface area contributed by atoms with Crippen LogP contribution in [-0.4, -0.2) is 28.4 Å². The Morgan fingerprint density at radius 2 is 1.95 bits per heavy atom. The molecule has 4 heteroatoms. The molecule has 1 fully saturated rings. The first-order valence-electron chi connectivity index (χ1n) is 6.60. The maximum absolute atomic E-state index is 8.97. The molecule has 0 saturated carbocycles. The van der Waals surface area contributed by atoms with Crippen molar-refractivity contribution in [3.63, 3.8) is 0 Å². The van der Waals surface area contributed by atoms with E-state index in [1.54, 1.807) is 0 Å². The maximum atomic E-state index is 8.97. The Bertz CT molecular complexity index is 527. The van der Waals surface area contributed by atoms with Gasteiger partial charge in [0.05, 0.1) is 12.3 Å². The van der Waals surface area contributed by atoms with Crippen molar-refractivity contribution in [2.75, 3.05) is 18.0 Å². The van der Waals surface area contributed by atoms with Crippen molar-refractivity contribution in [1.29, 1.82) is 0 Å². The van der Waals surface area contributed by atoms with Crippen molar-refractivity contribution >= 4 is 5.82 Å². The first-order valence-corrected chi connectivity index (χ1v) is 6.60. The molecule has 0 spiro atoms. The van der Waals surface area contributed by atoms with Crippen molar-refractivity contribution in [1.82, 2.24) is 10.2 Å². The van der Waals surface area contributed by atoms with Crippen molar-refractivity contribution < 1.29 is 5.11 Å². The van der Waals surface area contributed by atoms with Crippen LogP contribution in [0.3, 0.4) is 0 Å². The minimum Gasteiger partial charge on any atom is -0.390 e. The van der Waals surface area contributed by atoms with E-state index in [1.165, 1.54) is 5.56 Å². The molecule has 1 saturated heterocycles. The van der Waals surface area contributed by atoms with Crippen LogP contribution in [0.2, 0.25) is 0 Å². The number of nitrogens with zero attached hydrogens (tertiary/aromatic N) is 3. The van der Waals surface area contributed by atoms with Crippen molar-refractivity contribution in [3.8, 4) is 0 Å². The van der Waals surface area contributed by atoms with E-state index >= 15 is 0 Å². The summed E-state index contributed by atoms with van der Waals surface area (Å²) < 4.78 is 0. The van der Waals surface area contributed by atoms with Crippen LogP contribution in [0.5, 0.6) is 0 Å². The number of anilines is 1. The number of benzene rings is 1. The molecular weight excluding hydrogens is 238 g/mol. The van der Waals surface area contributed by atoms with Gasteiger partial charge in [-0.2, -0.15) is 5.10 Å². The molecule has 1 aliphatic heterocycles. The lowest BCUT2D eigenvalue weighted by Gasteiger charge is -2.17. The van der Waals surface area contributed by atoms with Gasteiger partial charge in [0.25, 0.3) is 0 Å². The molecule has 1 aliphatic rings. The second kappa shape index (κ2) is 5.36. The SMILES string of the molecule is OCc1ccc(N2CCC(c3ccccc3)C2)nn1. The second-order valence-electron chi connectivity index (χ2n) is 4.88. The van der Waals surface area contributed by atoms with E-state index in [2.05, 4.69) is 45.4 Å². The van der Waals surface area contributed by atoms with Gasteiger partial charge in [0.2, 0.25) is 0 Å². The summed E-state index contributed by atoms with van der Waals surface area (Å²) in [5.41, 5.74) is 2.01. The van der Waals surface area contributed by atoms with E-state index in [9.17, 15) is 0 Å². The van der Waals surface area contributed by atoms with E-state index in [4.69, 9.17) is 5.11 Å². The van der Waals surface area contributed by atoms with Crippen LogP contribution in [0.25, 0.3) is 0 Å². The molecule has 0 bridgehead atoms. The number of hydrogen-bond acceptors (Lipinski definition) is 4. The zero-order valence-corrected chi connectivity index (χ0v) is 10.7. The first-order chi connectivity index (χ1) is 9.36. The maximum Gasteiger partial charge on any atom is 0.151 e. The van der Waals surface area contributed by atoms with Crippen molar-refractivity contribution in [2.24, 2.45) is 0 Å². The van der Waals surface area contributed by atoms with Crippen LogP contribution >= 0.6 is 0 Å². The van der Waals surface area contributed by atoms with Crippen LogP contribution in [-0.2, 0) is 6.61 Å². The minimum atomic E-state index is -0.0556. The summed E-state index contributed by atoms with van der Waals surface area (Å²) in [6.07, 6.45) is 1.15. The van der Waals surface area contributed by atoms with Gasteiger partial charge in [0.1, 0.15) is 0 Å². The molecule has 0 amide bonds. The third-order valence-electron chi connectivity index (χ3n) is 3.65. The Labute approximate surface area is 112 Å². The third-order valence-corrected chi connectivity index (χ3v) is 3.65. The van der Waals surface area contributed by atoms with E-state index in [-0.39, 0.29) is 6.61 Å². The second-order valence-corrected chi connectivity index (χ2v) is 4.88. The Morgan fingerprint density at radius 1 is 1.11 bits per heavy atom. The van der Waals surface area contributed by atoms with E-state index in [1.807, 2.05) is 12.1 Å². The molecule has 3 rings (SSSR count). The molecular formula is C15H17N3O. The number of aromatic nitrogens is 2. The predicted molar refractivity (Wildman–Crippen MR) is 74.0 cm³/mol. The molecule has 1 atom stereocenters. The number of aliphatic hydroxyl groups excluding tert-OH is 1. The van der Waals surface area contributed by atoms with Crippen LogP contribution < -0.4 is 4.90 Å². The van der Waals surface area contributed by atoms with Gasteiger partial charge in [-0.25, -0.2) is 0 Å². The van der Waals surface area contributed by atoms with E-state index < -0.39 is 0 Å².